The molecule has 2 rings (SSSR count). The number of hydrogen-bond donors (Lipinski definition) is 1. The van der Waals surface area contributed by atoms with Gasteiger partial charge in [0, 0.05) is 24.1 Å². The fraction of sp³-hybridized carbons (Fsp3) is 0.294. The minimum absolute atomic E-state index is 0.0352. The Morgan fingerprint density at radius 1 is 1.26 bits per heavy atom. The number of ether oxygens (including phenoxy) is 1. The fourth-order valence-electron chi connectivity index (χ4n) is 2.11. The second-order valence-electron chi connectivity index (χ2n) is 5.43. The number of nitrogens with zero attached hydrogens (tertiary/aromatic N) is 3. The molecule has 120 valence electrons. The first kappa shape index (κ1) is 16.8. The van der Waals surface area contributed by atoms with Crippen LogP contribution in [0.2, 0.25) is 0 Å². The maximum Gasteiger partial charge on any atom is 0.258 e. The van der Waals surface area contributed by atoms with Crippen LogP contribution >= 0.6 is 0 Å². The van der Waals surface area contributed by atoms with Gasteiger partial charge >= 0.3 is 0 Å². The Kier molecular flexibility index (Phi) is 5.94. The number of ketones is 1. The van der Waals surface area contributed by atoms with E-state index in [0.29, 0.717) is 19.0 Å². The molecule has 1 N–H and O–H groups in total. The van der Waals surface area contributed by atoms with Crippen LogP contribution in [0.25, 0.3) is 0 Å². The number of oxime groups is 1. The minimum atomic E-state index is -0.0352. The molecule has 0 fully saturated rings. The van der Waals surface area contributed by atoms with E-state index in [2.05, 4.69) is 5.16 Å². The predicted molar refractivity (Wildman–Crippen MR) is 82.9 cm³/mol. The second kappa shape index (κ2) is 8.14. The van der Waals surface area contributed by atoms with Gasteiger partial charge in [0.25, 0.3) is 13.5 Å². The van der Waals surface area contributed by atoms with Crippen molar-refractivity contribution in [3.63, 3.8) is 0 Å². The molecule has 0 aromatic carbocycles. The summed E-state index contributed by atoms with van der Waals surface area (Å²) in [6, 6.07) is 9.17. The van der Waals surface area contributed by atoms with E-state index in [1.54, 1.807) is 12.3 Å². The Hall–Kier alpha value is -2.60. The van der Waals surface area contributed by atoms with Crippen molar-refractivity contribution in [2.24, 2.45) is 11.1 Å². The molecule has 0 spiro atoms. The SMILES string of the molecule is CC(C)C(=O)c1ccc[n+](COC[n+]2ccccc2C=NO)c1. The first-order valence-corrected chi connectivity index (χ1v) is 7.39. The summed E-state index contributed by atoms with van der Waals surface area (Å²) in [6.07, 6.45) is 6.82. The maximum atomic E-state index is 12.0. The van der Waals surface area contributed by atoms with E-state index in [-0.39, 0.29) is 11.7 Å². The van der Waals surface area contributed by atoms with E-state index >= 15 is 0 Å². The number of carbonyl (C=O) groups is 1. The molecule has 0 aliphatic heterocycles. The molecule has 0 saturated heterocycles. The molecule has 6 heteroatoms. The van der Waals surface area contributed by atoms with E-state index in [1.807, 2.05) is 59.6 Å². The number of carbonyl (C=O) groups excluding carboxylic acids is 1. The molecule has 0 atom stereocenters. The van der Waals surface area contributed by atoms with Crippen molar-refractivity contribution in [3.8, 4) is 0 Å². The summed E-state index contributed by atoms with van der Waals surface area (Å²) >= 11 is 0. The lowest BCUT2D eigenvalue weighted by atomic mass is 10.0. The Balaban J connectivity index is 2.00. The van der Waals surface area contributed by atoms with Crippen molar-refractivity contribution < 1.29 is 23.9 Å². The molecule has 23 heavy (non-hydrogen) atoms. The lowest BCUT2D eigenvalue weighted by molar-refractivity contribution is -0.788. The van der Waals surface area contributed by atoms with Crippen LogP contribution in [-0.4, -0.2) is 17.2 Å². The van der Waals surface area contributed by atoms with Gasteiger partial charge < -0.3 is 5.21 Å². The summed E-state index contributed by atoms with van der Waals surface area (Å²) in [6.45, 7) is 4.38. The Labute approximate surface area is 135 Å². The van der Waals surface area contributed by atoms with Gasteiger partial charge in [0.05, 0.1) is 5.56 Å². The molecule has 0 saturated carbocycles. The van der Waals surface area contributed by atoms with Crippen LogP contribution in [-0.2, 0) is 18.2 Å². The molecule has 2 heterocycles. The van der Waals surface area contributed by atoms with Gasteiger partial charge in [-0.3, -0.25) is 9.53 Å². The van der Waals surface area contributed by atoms with Gasteiger partial charge in [-0.15, -0.1) is 0 Å². The van der Waals surface area contributed by atoms with Crippen molar-refractivity contribution in [2.75, 3.05) is 0 Å². The molecule has 0 aliphatic carbocycles. The normalized spacial score (nSPS) is 11.3. The highest BCUT2D eigenvalue weighted by atomic mass is 16.5. The molecule has 0 amide bonds. The van der Waals surface area contributed by atoms with Crippen LogP contribution in [0, 0.1) is 5.92 Å². The lowest BCUT2D eigenvalue weighted by Gasteiger charge is -2.03. The fourth-order valence-corrected chi connectivity index (χ4v) is 2.11. The predicted octanol–water partition coefficient (Wildman–Crippen LogP) is 1.54. The summed E-state index contributed by atoms with van der Waals surface area (Å²) in [5, 5.41) is 11.7. The highest BCUT2D eigenvalue weighted by molar-refractivity contribution is 5.96. The Morgan fingerprint density at radius 2 is 2.09 bits per heavy atom. The van der Waals surface area contributed by atoms with Gasteiger partial charge in [0.2, 0.25) is 5.69 Å². The molecule has 2 aromatic heterocycles. The third-order valence-electron chi connectivity index (χ3n) is 3.30. The van der Waals surface area contributed by atoms with Gasteiger partial charge in [-0.2, -0.15) is 9.13 Å². The van der Waals surface area contributed by atoms with Gasteiger partial charge in [0.1, 0.15) is 6.21 Å². The first-order chi connectivity index (χ1) is 11.1. The van der Waals surface area contributed by atoms with Gasteiger partial charge in [0.15, 0.2) is 24.4 Å². The molecule has 6 nitrogen and oxygen atoms in total. The first-order valence-electron chi connectivity index (χ1n) is 7.39. The van der Waals surface area contributed by atoms with Crippen molar-refractivity contribution in [1.82, 2.24) is 0 Å². The van der Waals surface area contributed by atoms with Crippen LogP contribution in [0.5, 0.6) is 0 Å². The van der Waals surface area contributed by atoms with Crippen molar-refractivity contribution in [3.05, 3.63) is 60.2 Å². The quantitative estimate of drug-likeness (QED) is 0.277. The average molecular weight is 315 g/mol. The van der Waals surface area contributed by atoms with Crippen LogP contribution in [0.4, 0.5) is 0 Å². The van der Waals surface area contributed by atoms with Crippen LogP contribution in [0.15, 0.2) is 54.1 Å². The third kappa shape index (κ3) is 4.69. The average Bonchev–Trinajstić information content (AvgIpc) is 2.56. The maximum absolute atomic E-state index is 12.0. The number of aromatic nitrogens is 2. The second-order valence-corrected chi connectivity index (χ2v) is 5.43. The van der Waals surface area contributed by atoms with Gasteiger partial charge in [-0.25, -0.2) is 0 Å². The van der Waals surface area contributed by atoms with E-state index in [9.17, 15) is 4.79 Å². The van der Waals surface area contributed by atoms with Crippen LogP contribution in [0.3, 0.4) is 0 Å². The highest BCUT2D eigenvalue weighted by Gasteiger charge is 2.14. The molecule has 0 bridgehead atoms. The van der Waals surface area contributed by atoms with Crippen molar-refractivity contribution in [1.29, 1.82) is 0 Å². The zero-order valence-electron chi connectivity index (χ0n) is 13.3. The Bertz CT molecular complexity index is 699. The summed E-state index contributed by atoms with van der Waals surface area (Å²) in [5.41, 5.74) is 1.40. The van der Waals surface area contributed by atoms with Gasteiger partial charge in [-0.05, 0) is 12.1 Å². The Morgan fingerprint density at radius 3 is 2.83 bits per heavy atom. The summed E-state index contributed by atoms with van der Waals surface area (Å²) in [7, 11) is 0. The van der Waals surface area contributed by atoms with Crippen LogP contribution < -0.4 is 9.13 Å². The smallest absolute Gasteiger partial charge is 0.258 e. The third-order valence-corrected chi connectivity index (χ3v) is 3.30. The van der Waals surface area contributed by atoms with E-state index in [0.717, 1.165) is 5.69 Å². The standard InChI is InChI=1S/C17H20N3O3/c1-14(2)17(21)15-6-5-8-19(11-15)12-23-13-20-9-4-3-7-16(20)10-18-22/h3-11,14H,12-13H2,1-2H3/q+1/p+1. The molecule has 0 aliphatic rings. The summed E-state index contributed by atoms with van der Waals surface area (Å²) < 4.78 is 9.29. The number of pyridine rings is 2. The number of hydrogen-bond acceptors (Lipinski definition) is 4. The molecule has 0 radical (unpaired) electrons. The minimum Gasteiger partial charge on any atom is -0.411 e. The van der Waals surface area contributed by atoms with E-state index in [1.165, 1.54) is 6.21 Å². The zero-order chi connectivity index (χ0) is 16.7. The molecular weight excluding hydrogens is 294 g/mol. The van der Waals surface area contributed by atoms with Crippen molar-refractivity contribution in [2.45, 2.75) is 27.3 Å². The van der Waals surface area contributed by atoms with E-state index in [4.69, 9.17) is 9.94 Å². The summed E-state index contributed by atoms with van der Waals surface area (Å²) in [5.74, 6) is 0.0743. The van der Waals surface area contributed by atoms with Crippen LogP contribution in [0.1, 0.15) is 29.9 Å². The zero-order valence-corrected chi connectivity index (χ0v) is 13.3. The van der Waals surface area contributed by atoms with Gasteiger partial charge in [-0.1, -0.05) is 19.0 Å². The molecule has 0 unspecified atom stereocenters. The largest absolute Gasteiger partial charge is 0.411 e. The lowest BCUT2D eigenvalue weighted by Crippen LogP contribution is -2.43. The topological polar surface area (TPSA) is 66.7 Å². The summed E-state index contributed by atoms with van der Waals surface area (Å²) in [4.78, 5) is 12.0. The number of rotatable bonds is 7. The highest BCUT2D eigenvalue weighted by Crippen LogP contribution is 2.05. The molecule has 2 aromatic rings. The number of Topliss-reactive ketones (excluding diaryl/α,β-unsaturated/α-hetero) is 1. The van der Waals surface area contributed by atoms with E-state index < -0.39 is 0 Å². The van der Waals surface area contributed by atoms with Crippen molar-refractivity contribution >= 4 is 12.0 Å². The monoisotopic (exact) mass is 315 g/mol. The molecular formula is C17H21N3O3+2.